The van der Waals surface area contributed by atoms with Gasteiger partial charge in [-0.2, -0.15) is 0 Å². The highest BCUT2D eigenvalue weighted by Gasteiger charge is 2.52. The Balaban J connectivity index is 1.81. The highest BCUT2D eigenvalue weighted by molar-refractivity contribution is 5.84. The summed E-state index contributed by atoms with van der Waals surface area (Å²) < 4.78 is 10.5. The molecule has 0 aromatic carbocycles. The van der Waals surface area contributed by atoms with Crippen LogP contribution in [0.4, 0.5) is 4.79 Å². The number of carbonyl (C=O) groups is 2. The van der Waals surface area contributed by atoms with E-state index < -0.39 is 11.1 Å². The van der Waals surface area contributed by atoms with Gasteiger partial charge < -0.3 is 14.8 Å². The summed E-state index contributed by atoms with van der Waals surface area (Å²) in [5.74, 6) is 0.216. The fraction of sp³-hybridized carbons (Fsp3) is 0.889. The van der Waals surface area contributed by atoms with Crippen molar-refractivity contribution >= 4 is 12.1 Å². The molecule has 2 saturated carbocycles. The van der Waals surface area contributed by atoms with Gasteiger partial charge in [0.2, 0.25) is 0 Å². The van der Waals surface area contributed by atoms with Gasteiger partial charge in [-0.3, -0.25) is 10.1 Å². The molecule has 2 aliphatic rings. The minimum Gasteiger partial charge on any atom is -0.465 e. The van der Waals surface area contributed by atoms with E-state index in [2.05, 4.69) is 17.6 Å². The highest BCUT2D eigenvalue weighted by Crippen LogP contribution is 2.39. The zero-order chi connectivity index (χ0) is 18.0. The summed E-state index contributed by atoms with van der Waals surface area (Å²) in [5, 5.41) is 6.50. The first-order valence-electron chi connectivity index (χ1n) is 9.09. The lowest BCUT2D eigenvalue weighted by atomic mass is 9.82. The largest absolute Gasteiger partial charge is 0.465 e. The number of hydrogen-bond acceptors (Lipinski definition) is 5. The quantitative estimate of drug-likeness (QED) is 0.753. The molecule has 2 rings (SSSR count). The summed E-state index contributed by atoms with van der Waals surface area (Å²) in [6, 6.07) is 0.416. The van der Waals surface area contributed by atoms with E-state index in [-0.39, 0.29) is 18.1 Å². The van der Waals surface area contributed by atoms with E-state index in [9.17, 15) is 9.59 Å². The lowest BCUT2D eigenvalue weighted by Crippen LogP contribution is -2.52. The molecule has 0 aromatic heterocycles. The summed E-state index contributed by atoms with van der Waals surface area (Å²) >= 11 is 0. The van der Waals surface area contributed by atoms with Crippen LogP contribution in [-0.2, 0) is 14.3 Å². The third-order valence-electron chi connectivity index (χ3n) is 4.77. The minimum absolute atomic E-state index is 0.119. The maximum atomic E-state index is 12.1. The second-order valence-electron chi connectivity index (χ2n) is 8.19. The first-order chi connectivity index (χ1) is 11.1. The highest BCUT2D eigenvalue weighted by atomic mass is 16.6. The van der Waals surface area contributed by atoms with Crippen molar-refractivity contribution in [3.8, 4) is 0 Å². The first-order valence-corrected chi connectivity index (χ1v) is 9.09. The van der Waals surface area contributed by atoms with Gasteiger partial charge in [-0.1, -0.05) is 6.92 Å². The smallest absolute Gasteiger partial charge is 0.407 e. The molecule has 6 heteroatoms. The van der Waals surface area contributed by atoms with E-state index in [4.69, 9.17) is 9.47 Å². The summed E-state index contributed by atoms with van der Waals surface area (Å²) in [6.07, 6.45) is 4.12. The SMILES string of the molecule is CCOC(=O)C1(NC2CC[C@H](NC(=O)OC(C)(C)C)[C@H](C)C2)CC1. The molecule has 2 aliphatic carbocycles. The van der Waals surface area contributed by atoms with Crippen molar-refractivity contribution in [3.63, 3.8) is 0 Å². The Morgan fingerprint density at radius 3 is 2.38 bits per heavy atom. The molecule has 0 radical (unpaired) electrons. The van der Waals surface area contributed by atoms with Crippen LogP contribution in [-0.4, -0.2) is 41.9 Å². The molecule has 0 aromatic rings. The van der Waals surface area contributed by atoms with E-state index in [0.29, 0.717) is 18.6 Å². The third-order valence-corrected chi connectivity index (χ3v) is 4.77. The molecule has 2 fully saturated rings. The molecular weight excluding hydrogens is 308 g/mol. The van der Waals surface area contributed by atoms with E-state index in [1.807, 2.05) is 27.7 Å². The topological polar surface area (TPSA) is 76.7 Å². The van der Waals surface area contributed by atoms with Crippen LogP contribution in [0.3, 0.4) is 0 Å². The fourth-order valence-electron chi connectivity index (χ4n) is 3.39. The van der Waals surface area contributed by atoms with Gasteiger partial charge in [0.1, 0.15) is 11.1 Å². The third kappa shape index (κ3) is 5.10. The predicted octanol–water partition coefficient (Wildman–Crippen LogP) is 2.75. The maximum absolute atomic E-state index is 12.1. The van der Waals surface area contributed by atoms with Gasteiger partial charge in [-0.15, -0.1) is 0 Å². The monoisotopic (exact) mass is 340 g/mol. The maximum Gasteiger partial charge on any atom is 0.407 e. The van der Waals surface area contributed by atoms with Crippen LogP contribution >= 0.6 is 0 Å². The van der Waals surface area contributed by atoms with E-state index in [1.54, 1.807) is 0 Å². The number of nitrogens with one attached hydrogen (secondary N) is 2. The molecule has 0 bridgehead atoms. The van der Waals surface area contributed by atoms with Crippen molar-refractivity contribution in [3.05, 3.63) is 0 Å². The zero-order valence-electron chi connectivity index (χ0n) is 15.6. The second-order valence-corrected chi connectivity index (χ2v) is 8.19. The molecule has 0 spiro atoms. The number of ether oxygens (including phenoxy) is 2. The van der Waals surface area contributed by atoms with Gasteiger partial charge in [0.25, 0.3) is 0 Å². The molecule has 0 aliphatic heterocycles. The predicted molar refractivity (Wildman–Crippen MR) is 91.7 cm³/mol. The van der Waals surface area contributed by atoms with Crippen LogP contribution in [0.15, 0.2) is 0 Å². The van der Waals surface area contributed by atoms with E-state index in [0.717, 1.165) is 32.1 Å². The Kier molecular flexibility index (Phi) is 5.78. The average Bonchev–Trinajstić information content (AvgIpc) is 3.21. The number of rotatable bonds is 5. The van der Waals surface area contributed by atoms with Gasteiger partial charge in [-0.25, -0.2) is 4.79 Å². The molecular formula is C18H32N2O4. The minimum atomic E-state index is -0.482. The Labute approximate surface area is 145 Å². The Morgan fingerprint density at radius 1 is 1.21 bits per heavy atom. The van der Waals surface area contributed by atoms with Gasteiger partial charge in [0.15, 0.2) is 0 Å². The summed E-state index contributed by atoms with van der Waals surface area (Å²) in [5.41, 5.74) is -0.935. The van der Waals surface area contributed by atoms with Gasteiger partial charge >= 0.3 is 12.1 Å². The Morgan fingerprint density at radius 2 is 1.88 bits per heavy atom. The van der Waals surface area contributed by atoms with Crippen molar-refractivity contribution < 1.29 is 19.1 Å². The van der Waals surface area contributed by atoms with Crippen molar-refractivity contribution in [1.82, 2.24) is 10.6 Å². The van der Waals surface area contributed by atoms with E-state index >= 15 is 0 Å². The second kappa shape index (κ2) is 7.30. The Hall–Kier alpha value is -1.30. The van der Waals surface area contributed by atoms with Crippen molar-refractivity contribution in [1.29, 1.82) is 0 Å². The molecule has 138 valence electrons. The number of hydrogen-bond donors (Lipinski definition) is 2. The van der Waals surface area contributed by atoms with Gasteiger partial charge in [-0.05, 0) is 65.7 Å². The number of esters is 1. The molecule has 0 heterocycles. The van der Waals surface area contributed by atoms with Crippen LogP contribution in [0.25, 0.3) is 0 Å². The van der Waals surface area contributed by atoms with Crippen LogP contribution in [0.2, 0.25) is 0 Å². The standard InChI is InChI=1S/C18H32N2O4/c1-6-23-15(21)18(9-10-18)20-13-7-8-14(12(2)11-13)19-16(22)24-17(3,4)5/h12-14,20H,6-11H2,1-5H3,(H,19,22)/t12-,13?,14+/m1/s1. The average molecular weight is 340 g/mol. The summed E-state index contributed by atoms with van der Waals surface area (Å²) in [6.45, 7) is 9.98. The fourth-order valence-corrected chi connectivity index (χ4v) is 3.39. The van der Waals surface area contributed by atoms with Crippen molar-refractivity contribution in [2.75, 3.05) is 6.61 Å². The summed E-state index contributed by atoms with van der Waals surface area (Å²) in [7, 11) is 0. The lowest BCUT2D eigenvalue weighted by Gasteiger charge is -2.36. The number of alkyl carbamates (subject to hydrolysis) is 1. The van der Waals surface area contributed by atoms with Crippen LogP contribution < -0.4 is 10.6 Å². The molecule has 3 atom stereocenters. The zero-order valence-corrected chi connectivity index (χ0v) is 15.6. The lowest BCUT2D eigenvalue weighted by molar-refractivity contribution is -0.147. The van der Waals surface area contributed by atoms with Gasteiger partial charge in [0, 0.05) is 12.1 Å². The Bertz CT molecular complexity index is 468. The molecule has 24 heavy (non-hydrogen) atoms. The normalized spacial score (nSPS) is 28.8. The molecule has 6 nitrogen and oxygen atoms in total. The summed E-state index contributed by atoms with van der Waals surface area (Å²) in [4.78, 5) is 24.0. The van der Waals surface area contributed by atoms with Gasteiger partial charge in [0.05, 0.1) is 6.61 Å². The molecule has 0 saturated heterocycles. The molecule has 1 unspecified atom stereocenters. The number of amides is 1. The molecule has 1 amide bonds. The molecule has 2 N–H and O–H groups in total. The van der Waals surface area contributed by atoms with Crippen molar-refractivity contribution in [2.24, 2.45) is 5.92 Å². The van der Waals surface area contributed by atoms with Crippen LogP contribution in [0.5, 0.6) is 0 Å². The van der Waals surface area contributed by atoms with Crippen LogP contribution in [0.1, 0.15) is 66.7 Å². The van der Waals surface area contributed by atoms with Crippen LogP contribution in [0, 0.1) is 5.92 Å². The van der Waals surface area contributed by atoms with E-state index in [1.165, 1.54) is 0 Å². The number of carbonyl (C=O) groups excluding carboxylic acids is 2. The first kappa shape index (κ1) is 19.0. The van der Waals surface area contributed by atoms with Crippen molar-refractivity contribution in [2.45, 2.75) is 89.9 Å².